The molecule has 0 radical (unpaired) electrons. The van der Waals surface area contributed by atoms with E-state index in [1.807, 2.05) is 24.3 Å². The van der Waals surface area contributed by atoms with Crippen LogP contribution in [0.25, 0.3) is 6.08 Å². The largest absolute Gasteiger partial charge is 0.457 e. The molecule has 2 rings (SSSR count). The summed E-state index contributed by atoms with van der Waals surface area (Å²) in [5.41, 5.74) is 2.11. The van der Waals surface area contributed by atoms with Crippen molar-refractivity contribution in [3.05, 3.63) is 47.7 Å². The van der Waals surface area contributed by atoms with Crippen molar-refractivity contribution in [1.29, 1.82) is 0 Å². The van der Waals surface area contributed by atoms with E-state index < -0.39 is 0 Å². The highest BCUT2D eigenvalue weighted by Gasteiger charge is 2.15. The first kappa shape index (κ1) is 12.9. The molecule has 1 aromatic rings. The van der Waals surface area contributed by atoms with E-state index in [1.54, 1.807) is 0 Å². The van der Waals surface area contributed by atoms with Crippen molar-refractivity contribution in [3.63, 3.8) is 0 Å². The minimum Gasteiger partial charge on any atom is -0.457 e. The minimum atomic E-state index is 0.567. The van der Waals surface area contributed by atoms with E-state index in [9.17, 15) is 0 Å². The highest BCUT2D eigenvalue weighted by Crippen LogP contribution is 2.30. The number of rotatable bonds is 5. The molecule has 0 aliphatic carbocycles. The van der Waals surface area contributed by atoms with Gasteiger partial charge in [0.1, 0.15) is 11.5 Å². The van der Waals surface area contributed by atoms with Crippen LogP contribution >= 0.6 is 0 Å². The maximum atomic E-state index is 5.70. The van der Waals surface area contributed by atoms with Crippen LogP contribution < -0.4 is 4.74 Å². The monoisotopic (exact) mass is 244 g/mol. The van der Waals surface area contributed by atoms with Gasteiger partial charge in [0.05, 0.1) is 6.61 Å². The third kappa shape index (κ3) is 3.02. The summed E-state index contributed by atoms with van der Waals surface area (Å²) in [6.45, 7) is 9.65. The summed E-state index contributed by atoms with van der Waals surface area (Å²) in [6, 6.07) is 7.96. The highest BCUT2D eigenvalue weighted by atomic mass is 16.5. The summed E-state index contributed by atoms with van der Waals surface area (Å²) in [5, 5.41) is 0. The average Bonchev–Trinajstić information content (AvgIpc) is 2.39. The molecule has 0 spiro atoms. The number of hydrogen-bond acceptors (Lipinski definition) is 2. The summed E-state index contributed by atoms with van der Waals surface area (Å²) in [4.78, 5) is 0. The molecule has 1 aliphatic rings. The topological polar surface area (TPSA) is 18.5 Å². The van der Waals surface area contributed by atoms with Gasteiger partial charge in [-0.1, -0.05) is 45.0 Å². The lowest BCUT2D eigenvalue weighted by atomic mass is 10.1. The van der Waals surface area contributed by atoms with Gasteiger partial charge in [0.15, 0.2) is 0 Å². The van der Waals surface area contributed by atoms with E-state index in [-0.39, 0.29) is 0 Å². The first-order valence-corrected chi connectivity index (χ1v) is 6.45. The molecule has 1 aromatic carbocycles. The molecule has 0 saturated heterocycles. The van der Waals surface area contributed by atoms with Crippen LogP contribution in [0.15, 0.2) is 42.2 Å². The Hall–Kier alpha value is -1.54. The zero-order valence-electron chi connectivity index (χ0n) is 11.1. The molecule has 2 heteroatoms. The number of fused-ring (bicyclic) bond motifs is 1. The number of benzene rings is 1. The smallest absolute Gasteiger partial charge is 0.134 e. The summed E-state index contributed by atoms with van der Waals surface area (Å²) in [6.07, 6.45) is 3.23. The molecule has 18 heavy (non-hydrogen) atoms. The Morgan fingerprint density at radius 3 is 2.89 bits per heavy atom. The number of hydrogen-bond donors (Lipinski definition) is 0. The Bertz CT molecular complexity index is 460. The molecule has 0 N–H and O–H groups in total. The molecule has 2 nitrogen and oxygen atoms in total. The molecule has 1 atom stereocenters. The van der Waals surface area contributed by atoms with E-state index in [1.165, 1.54) is 0 Å². The third-order valence-corrected chi connectivity index (χ3v) is 3.20. The lowest BCUT2D eigenvalue weighted by Crippen LogP contribution is -2.12. The maximum Gasteiger partial charge on any atom is 0.134 e. The van der Waals surface area contributed by atoms with Gasteiger partial charge < -0.3 is 9.47 Å². The SMILES string of the molecule is C=C1Oc2ccccc2C=C1COCC(C)CC. The summed E-state index contributed by atoms with van der Waals surface area (Å²) < 4.78 is 11.4. The molecule has 0 bridgehead atoms. The summed E-state index contributed by atoms with van der Waals surface area (Å²) >= 11 is 0. The molecule has 1 unspecified atom stereocenters. The fraction of sp³-hybridized carbons (Fsp3) is 0.375. The number of para-hydroxylation sites is 1. The lowest BCUT2D eigenvalue weighted by molar-refractivity contribution is 0.121. The zero-order valence-corrected chi connectivity index (χ0v) is 11.1. The molecule has 96 valence electrons. The van der Waals surface area contributed by atoms with E-state index >= 15 is 0 Å². The Morgan fingerprint density at radius 1 is 1.33 bits per heavy atom. The Kier molecular flexibility index (Phi) is 4.21. The first-order chi connectivity index (χ1) is 8.70. The quantitative estimate of drug-likeness (QED) is 0.778. The van der Waals surface area contributed by atoms with Crippen LogP contribution in [0, 0.1) is 5.92 Å². The van der Waals surface area contributed by atoms with Crippen molar-refractivity contribution < 1.29 is 9.47 Å². The molecule has 1 heterocycles. The average molecular weight is 244 g/mol. The Morgan fingerprint density at radius 2 is 2.11 bits per heavy atom. The zero-order chi connectivity index (χ0) is 13.0. The van der Waals surface area contributed by atoms with Gasteiger partial charge in [0.2, 0.25) is 0 Å². The number of ether oxygens (including phenoxy) is 2. The molecule has 0 aromatic heterocycles. The second-order valence-corrected chi connectivity index (χ2v) is 4.76. The van der Waals surface area contributed by atoms with Gasteiger partial charge in [-0.3, -0.25) is 0 Å². The van der Waals surface area contributed by atoms with Gasteiger partial charge in [-0.25, -0.2) is 0 Å². The van der Waals surface area contributed by atoms with Gasteiger partial charge in [-0.2, -0.15) is 0 Å². The normalized spacial score (nSPS) is 15.7. The molecular formula is C16H20O2. The van der Waals surface area contributed by atoms with Crippen LogP contribution in [0.5, 0.6) is 5.75 Å². The van der Waals surface area contributed by atoms with Gasteiger partial charge >= 0.3 is 0 Å². The van der Waals surface area contributed by atoms with Gasteiger partial charge in [0.25, 0.3) is 0 Å². The van der Waals surface area contributed by atoms with Gasteiger partial charge in [-0.05, 0) is 18.1 Å². The van der Waals surface area contributed by atoms with Crippen LogP contribution in [0.1, 0.15) is 25.8 Å². The summed E-state index contributed by atoms with van der Waals surface area (Å²) in [5.74, 6) is 2.15. The fourth-order valence-corrected chi connectivity index (χ4v) is 1.77. The maximum absolute atomic E-state index is 5.70. The van der Waals surface area contributed by atoms with E-state index in [4.69, 9.17) is 9.47 Å². The standard InChI is InChI=1S/C16H20O2/c1-4-12(2)10-17-11-15-9-14-7-5-6-8-16(14)18-13(15)3/h5-9,12H,3-4,10-11H2,1-2H3. The van der Waals surface area contributed by atoms with E-state index in [0.29, 0.717) is 18.3 Å². The molecule has 1 aliphatic heterocycles. The first-order valence-electron chi connectivity index (χ1n) is 6.45. The van der Waals surface area contributed by atoms with Crippen LogP contribution in [0.4, 0.5) is 0 Å². The van der Waals surface area contributed by atoms with Crippen molar-refractivity contribution in [2.45, 2.75) is 20.3 Å². The van der Waals surface area contributed by atoms with Crippen molar-refractivity contribution in [2.24, 2.45) is 5.92 Å². The van der Waals surface area contributed by atoms with Crippen molar-refractivity contribution in [2.75, 3.05) is 13.2 Å². The predicted octanol–water partition coefficient (Wildman–Crippen LogP) is 4.04. The van der Waals surface area contributed by atoms with Crippen molar-refractivity contribution in [1.82, 2.24) is 0 Å². The van der Waals surface area contributed by atoms with Gasteiger partial charge in [-0.15, -0.1) is 0 Å². The van der Waals surface area contributed by atoms with Gasteiger partial charge in [0, 0.05) is 17.7 Å². The molecule has 0 amide bonds. The van der Waals surface area contributed by atoms with E-state index in [2.05, 4.69) is 26.5 Å². The van der Waals surface area contributed by atoms with Crippen LogP contribution in [-0.2, 0) is 4.74 Å². The molecule has 0 fully saturated rings. The molecule has 0 saturated carbocycles. The highest BCUT2D eigenvalue weighted by molar-refractivity contribution is 5.66. The third-order valence-electron chi connectivity index (χ3n) is 3.20. The Balaban J connectivity index is 2.01. The van der Waals surface area contributed by atoms with E-state index in [0.717, 1.165) is 29.9 Å². The summed E-state index contributed by atoms with van der Waals surface area (Å²) in [7, 11) is 0. The van der Waals surface area contributed by atoms with Crippen molar-refractivity contribution in [3.8, 4) is 5.75 Å². The second kappa shape index (κ2) is 5.87. The minimum absolute atomic E-state index is 0.567. The fourth-order valence-electron chi connectivity index (χ4n) is 1.77. The van der Waals surface area contributed by atoms with Crippen LogP contribution in [0.3, 0.4) is 0 Å². The van der Waals surface area contributed by atoms with Crippen molar-refractivity contribution >= 4 is 6.08 Å². The Labute approximate surface area is 109 Å². The predicted molar refractivity (Wildman–Crippen MR) is 74.5 cm³/mol. The van der Waals surface area contributed by atoms with Crippen LogP contribution in [0.2, 0.25) is 0 Å². The second-order valence-electron chi connectivity index (χ2n) is 4.76. The molecular weight excluding hydrogens is 224 g/mol. The lowest BCUT2D eigenvalue weighted by Gasteiger charge is -2.20. The van der Waals surface area contributed by atoms with Crippen LogP contribution in [-0.4, -0.2) is 13.2 Å².